The van der Waals surface area contributed by atoms with Crippen LogP contribution in [-0.2, 0) is 25.2 Å². The van der Waals surface area contributed by atoms with Gasteiger partial charge in [0, 0.05) is 6.61 Å². The Morgan fingerprint density at radius 2 is 1.50 bits per heavy atom. The number of carbonyl (C=O) groups excluding carboxylic acids is 2. The molecular formula is C20H32N2O4. The summed E-state index contributed by atoms with van der Waals surface area (Å²) in [5.41, 5.74) is 6.75. The Hall–Kier alpha value is -2.08. The highest BCUT2D eigenvalue weighted by Crippen LogP contribution is 2.35. The Balaban J connectivity index is 2.74. The zero-order valence-electron chi connectivity index (χ0n) is 17.0. The number of rotatable bonds is 6. The SMILES string of the molecule is CCOCC(=O)NNC(=O)COc1ccc(C(C)(C)C)cc1C(C)(C)C. The maximum atomic E-state index is 11.9. The summed E-state index contributed by atoms with van der Waals surface area (Å²) < 4.78 is 10.7. The molecule has 2 amide bonds. The van der Waals surface area contributed by atoms with Crippen molar-refractivity contribution >= 4 is 11.8 Å². The van der Waals surface area contributed by atoms with E-state index in [4.69, 9.17) is 9.47 Å². The first-order valence-corrected chi connectivity index (χ1v) is 8.88. The standard InChI is InChI=1S/C20H32N2O4/c1-8-25-12-17(23)21-22-18(24)13-26-16-10-9-14(19(2,3)4)11-15(16)20(5,6)7/h9-11H,8,12-13H2,1-7H3,(H,21,23)(H,22,24). The highest BCUT2D eigenvalue weighted by molar-refractivity contribution is 5.83. The van der Waals surface area contributed by atoms with Crippen LogP contribution in [0, 0.1) is 0 Å². The van der Waals surface area contributed by atoms with Crippen LogP contribution in [0.4, 0.5) is 0 Å². The van der Waals surface area contributed by atoms with Gasteiger partial charge in [-0.25, -0.2) is 0 Å². The molecule has 0 bridgehead atoms. The average Bonchev–Trinajstić information content (AvgIpc) is 2.54. The lowest BCUT2D eigenvalue weighted by Gasteiger charge is -2.27. The van der Waals surface area contributed by atoms with Gasteiger partial charge in [-0.15, -0.1) is 0 Å². The minimum Gasteiger partial charge on any atom is -0.483 e. The van der Waals surface area contributed by atoms with Crippen LogP contribution in [0.3, 0.4) is 0 Å². The van der Waals surface area contributed by atoms with E-state index in [0.29, 0.717) is 12.4 Å². The fourth-order valence-electron chi connectivity index (χ4n) is 2.26. The van der Waals surface area contributed by atoms with Crippen molar-refractivity contribution in [1.82, 2.24) is 10.9 Å². The predicted octanol–water partition coefficient (Wildman–Crippen LogP) is 2.84. The molecule has 0 saturated heterocycles. The molecule has 0 fully saturated rings. The molecule has 0 aliphatic heterocycles. The van der Waals surface area contributed by atoms with Gasteiger partial charge in [-0.1, -0.05) is 53.7 Å². The molecule has 1 aromatic rings. The van der Waals surface area contributed by atoms with Gasteiger partial charge in [0.25, 0.3) is 11.8 Å². The number of hydrazine groups is 1. The maximum absolute atomic E-state index is 11.9. The second-order valence-corrected chi connectivity index (χ2v) is 8.23. The minimum atomic E-state index is -0.436. The summed E-state index contributed by atoms with van der Waals surface area (Å²) in [6.07, 6.45) is 0. The first kappa shape index (κ1) is 22.0. The number of nitrogens with one attached hydrogen (secondary N) is 2. The van der Waals surface area contributed by atoms with E-state index in [2.05, 4.69) is 58.5 Å². The van der Waals surface area contributed by atoms with Crippen LogP contribution >= 0.6 is 0 Å². The Morgan fingerprint density at radius 3 is 2.00 bits per heavy atom. The van der Waals surface area contributed by atoms with Gasteiger partial charge in [-0.2, -0.15) is 0 Å². The van der Waals surface area contributed by atoms with E-state index in [0.717, 1.165) is 5.56 Å². The van der Waals surface area contributed by atoms with E-state index in [9.17, 15) is 9.59 Å². The zero-order chi connectivity index (χ0) is 20.0. The van der Waals surface area contributed by atoms with E-state index in [1.165, 1.54) is 5.56 Å². The first-order chi connectivity index (χ1) is 11.9. The van der Waals surface area contributed by atoms with Crippen molar-refractivity contribution in [2.45, 2.75) is 59.3 Å². The van der Waals surface area contributed by atoms with Crippen LogP contribution in [0.15, 0.2) is 18.2 Å². The third-order valence-corrected chi connectivity index (χ3v) is 3.79. The number of ether oxygens (including phenoxy) is 2. The third kappa shape index (κ3) is 7.04. The number of hydrogen-bond acceptors (Lipinski definition) is 4. The largest absolute Gasteiger partial charge is 0.483 e. The van der Waals surface area contributed by atoms with Crippen molar-refractivity contribution < 1.29 is 19.1 Å². The van der Waals surface area contributed by atoms with Crippen LogP contribution in [0.1, 0.15) is 59.6 Å². The van der Waals surface area contributed by atoms with Crippen molar-refractivity contribution in [1.29, 1.82) is 0 Å². The van der Waals surface area contributed by atoms with Gasteiger partial charge in [0.2, 0.25) is 0 Å². The van der Waals surface area contributed by atoms with E-state index >= 15 is 0 Å². The first-order valence-electron chi connectivity index (χ1n) is 8.88. The van der Waals surface area contributed by atoms with Crippen molar-refractivity contribution in [3.8, 4) is 5.75 Å². The van der Waals surface area contributed by atoms with Crippen molar-refractivity contribution in [2.75, 3.05) is 19.8 Å². The van der Waals surface area contributed by atoms with Gasteiger partial charge in [0.1, 0.15) is 12.4 Å². The van der Waals surface area contributed by atoms with Crippen molar-refractivity contribution in [2.24, 2.45) is 0 Å². The minimum absolute atomic E-state index is 0.0285. The molecule has 6 heteroatoms. The second kappa shape index (κ2) is 9.03. The molecule has 0 atom stereocenters. The quantitative estimate of drug-likeness (QED) is 0.761. The molecule has 0 aliphatic rings. The summed E-state index contributed by atoms with van der Waals surface area (Å²) in [6, 6.07) is 6.06. The van der Waals surface area contributed by atoms with Crippen molar-refractivity contribution in [3.05, 3.63) is 29.3 Å². The summed E-state index contributed by atoms with van der Waals surface area (Å²) in [5, 5.41) is 0. The molecule has 1 aromatic carbocycles. The molecule has 0 aromatic heterocycles. The Morgan fingerprint density at radius 1 is 0.923 bits per heavy atom. The van der Waals surface area contributed by atoms with Gasteiger partial charge in [-0.05, 0) is 34.9 Å². The number of benzene rings is 1. The van der Waals surface area contributed by atoms with Crippen LogP contribution in [0.2, 0.25) is 0 Å². The highest BCUT2D eigenvalue weighted by atomic mass is 16.5. The third-order valence-electron chi connectivity index (χ3n) is 3.79. The summed E-state index contributed by atoms with van der Waals surface area (Å²) >= 11 is 0. The lowest BCUT2D eigenvalue weighted by Crippen LogP contribution is -2.45. The fraction of sp³-hybridized carbons (Fsp3) is 0.600. The summed E-state index contributed by atoms with van der Waals surface area (Å²) in [6.45, 7) is 14.7. The lowest BCUT2D eigenvalue weighted by molar-refractivity contribution is -0.132. The molecule has 6 nitrogen and oxygen atoms in total. The normalized spacial score (nSPS) is 11.8. The van der Waals surface area contributed by atoms with Gasteiger partial charge in [-0.3, -0.25) is 20.4 Å². The fourth-order valence-corrected chi connectivity index (χ4v) is 2.26. The van der Waals surface area contributed by atoms with Crippen molar-refractivity contribution in [3.63, 3.8) is 0 Å². The molecule has 26 heavy (non-hydrogen) atoms. The summed E-state index contributed by atoms with van der Waals surface area (Å²) in [4.78, 5) is 23.3. The molecule has 0 unspecified atom stereocenters. The number of hydrogen-bond donors (Lipinski definition) is 2. The van der Waals surface area contributed by atoms with Crippen LogP contribution in [0.25, 0.3) is 0 Å². The van der Waals surface area contributed by atoms with Crippen LogP contribution < -0.4 is 15.6 Å². The van der Waals surface area contributed by atoms with E-state index < -0.39 is 11.8 Å². The molecule has 0 aliphatic carbocycles. The predicted molar refractivity (Wildman–Crippen MR) is 102 cm³/mol. The molecule has 0 heterocycles. The Labute approximate surface area is 156 Å². The van der Waals surface area contributed by atoms with Crippen LogP contribution in [-0.4, -0.2) is 31.6 Å². The maximum Gasteiger partial charge on any atom is 0.276 e. The van der Waals surface area contributed by atoms with Gasteiger partial charge in [0.15, 0.2) is 6.61 Å². The molecular weight excluding hydrogens is 332 g/mol. The van der Waals surface area contributed by atoms with Gasteiger partial charge >= 0.3 is 0 Å². The lowest BCUT2D eigenvalue weighted by atomic mass is 9.80. The van der Waals surface area contributed by atoms with Gasteiger partial charge < -0.3 is 9.47 Å². The molecule has 0 spiro atoms. The monoisotopic (exact) mass is 364 g/mol. The Bertz CT molecular complexity index is 628. The summed E-state index contributed by atoms with van der Waals surface area (Å²) in [7, 11) is 0. The van der Waals surface area contributed by atoms with E-state index in [1.807, 2.05) is 12.1 Å². The van der Waals surface area contributed by atoms with Crippen LogP contribution in [0.5, 0.6) is 5.75 Å². The Kier molecular flexibility index (Phi) is 7.63. The molecule has 2 N–H and O–H groups in total. The molecule has 0 saturated carbocycles. The average molecular weight is 364 g/mol. The van der Waals surface area contributed by atoms with E-state index in [-0.39, 0.29) is 24.0 Å². The second-order valence-electron chi connectivity index (χ2n) is 8.23. The topological polar surface area (TPSA) is 76.7 Å². The highest BCUT2D eigenvalue weighted by Gasteiger charge is 2.23. The molecule has 0 radical (unpaired) electrons. The van der Waals surface area contributed by atoms with Gasteiger partial charge in [0.05, 0.1) is 0 Å². The summed E-state index contributed by atoms with van der Waals surface area (Å²) in [5.74, 6) is -0.180. The zero-order valence-corrected chi connectivity index (χ0v) is 17.0. The van der Waals surface area contributed by atoms with E-state index in [1.54, 1.807) is 6.92 Å². The number of amides is 2. The molecule has 1 rings (SSSR count). The smallest absolute Gasteiger partial charge is 0.276 e. The molecule has 146 valence electrons. The number of carbonyl (C=O) groups is 2.